The fourth-order valence-corrected chi connectivity index (χ4v) is 2.82. The number of pyridine rings is 1. The van der Waals surface area contributed by atoms with Crippen molar-refractivity contribution in [3.05, 3.63) is 41.9 Å². The van der Waals surface area contributed by atoms with E-state index in [1.807, 2.05) is 38.2 Å². The average Bonchev–Trinajstić information content (AvgIpc) is 2.66. The quantitative estimate of drug-likeness (QED) is 0.892. The first-order valence-corrected chi connectivity index (χ1v) is 8.72. The largest absolute Gasteiger partial charge is 0.353 e. The van der Waals surface area contributed by atoms with E-state index in [1.165, 1.54) is 0 Å². The van der Waals surface area contributed by atoms with Gasteiger partial charge in [-0.2, -0.15) is 0 Å². The lowest BCUT2D eigenvalue weighted by atomic mass is 10.3. The number of hydrogen-bond acceptors (Lipinski definition) is 6. The van der Waals surface area contributed by atoms with Crippen LogP contribution >= 0.6 is 0 Å². The standard InChI is InChI=1S/C18H24N6O/c1-3-7-20-17(25)15-13-14(2)21-18(22-15)24-11-9-23(10-12-24)16-6-4-5-8-19-16/h4-6,8,13H,3,7,9-12H2,1-2H3,(H,20,25). The van der Waals surface area contributed by atoms with Gasteiger partial charge in [0.2, 0.25) is 5.95 Å². The molecule has 0 bridgehead atoms. The minimum absolute atomic E-state index is 0.138. The van der Waals surface area contributed by atoms with Gasteiger partial charge in [-0.3, -0.25) is 4.79 Å². The highest BCUT2D eigenvalue weighted by atomic mass is 16.1. The van der Waals surface area contributed by atoms with E-state index in [0.29, 0.717) is 18.2 Å². The van der Waals surface area contributed by atoms with Crippen LogP contribution < -0.4 is 15.1 Å². The van der Waals surface area contributed by atoms with Crippen LogP contribution in [0.2, 0.25) is 0 Å². The number of hydrogen-bond donors (Lipinski definition) is 1. The summed E-state index contributed by atoms with van der Waals surface area (Å²) in [5.41, 5.74) is 1.24. The normalized spacial score (nSPS) is 14.5. The van der Waals surface area contributed by atoms with Crippen LogP contribution in [-0.4, -0.2) is 53.6 Å². The number of rotatable bonds is 5. The van der Waals surface area contributed by atoms with Gasteiger partial charge in [0.15, 0.2) is 0 Å². The monoisotopic (exact) mass is 340 g/mol. The maximum absolute atomic E-state index is 12.2. The molecular formula is C18H24N6O. The van der Waals surface area contributed by atoms with Gasteiger partial charge in [-0.05, 0) is 31.5 Å². The van der Waals surface area contributed by atoms with Crippen LogP contribution in [0.3, 0.4) is 0 Å². The van der Waals surface area contributed by atoms with Crippen LogP contribution in [0, 0.1) is 6.92 Å². The predicted octanol–water partition coefficient (Wildman–Crippen LogP) is 1.65. The Balaban J connectivity index is 1.68. The number of aryl methyl sites for hydroxylation is 1. The van der Waals surface area contributed by atoms with Gasteiger partial charge in [0.1, 0.15) is 11.5 Å². The van der Waals surface area contributed by atoms with Crippen molar-refractivity contribution < 1.29 is 4.79 Å². The number of piperazine rings is 1. The molecule has 1 amide bonds. The van der Waals surface area contributed by atoms with Gasteiger partial charge in [-0.1, -0.05) is 13.0 Å². The average molecular weight is 340 g/mol. The predicted molar refractivity (Wildman–Crippen MR) is 98.1 cm³/mol. The molecule has 1 fully saturated rings. The molecule has 7 heteroatoms. The first-order valence-electron chi connectivity index (χ1n) is 8.72. The first kappa shape index (κ1) is 17.1. The van der Waals surface area contributed by atoms with Gasteiger partial charge in [0, 0.05) is 44.6 Å². The maximum Gasteiger partial charge on any atom is 0.270 e. The highest BCUT2D eigenvalue weighted by molar-refractivity contribution is 5.92. The zero-order valence-corrected chi connectivity index (χ0v) is 14.8. The molecule has 2 aromatic heterocycles. The summed E-state index contributed by atoms with van der Waals surface area (Å²) < 4.78 is 0. The number of nitrogens with zero attached hydrogens (tertiary/aromatic N) is 5. The van der Waals surface area contributed by atoms with E-state index in [1.54, 1.807) is 6.07 Å². The summed E-state index contributed by atoms with van der Waals surface area (Å²) in [6.45, 7) is 7.88. The van der Waals surface area contributed by atoms with Crippen molar-refractivity contribution in [1.29, 1.82) is 0 Å². The smallest absolute Gasteiger partial charge is 0.270 e. The van der Waals surface area contributed by atoms with Gasteiger partial charge in [-0.15, -0.1) is 0 Å². The summed E-state index contributed by atoms with van der Waals surface area (Å²) in [5, 5.41) is 2.87. The van der Waals surface area contributed by atoms with Gasteiger partial charge in [-0.25, -0.2) is 15.0 Å². The molecule has 132 valence electrons. The van der Waals surface area contributed by atoms with Crippen LogP contribution in [0.15, 0.2) is 30.5 Å². The minimum Gasteiger partial charge on any atom is -0.353 e. The van der Waals surface area contributed by atoms with E-state index in [0.717, 1.165) is 44.1 Å². The van der Waals surface area contributed by atoms with Crippen molar-refractivity contribution in [3.8, 4) is 0 Å². The lowest BCUT2D eigenvalue weighted by molar-refractivity contribution is 0.0948. The lowest BCUT2D eigenvalue weighted by Crippen LogP contribution is -2.47. The summed E-state index contributed by atoms with van der Waals surface area (Å²) >= 11 is 0. The Morgan fingerprint density at radius 2 is 1.92 bits per heavy atom. The molecule has 3 heterocycles. The molecule has 7 nitrogen and oxygen atoms in total. The molecule has 2 aromatic rings. The van der Waals surface area contributed by atoms with E-state index >= 15 is 0 Å². The van der Waals surface area contributed by atoms with Crippen LogP contribution in [0.1, 0.15) is 29.5 Å². The fraction of sp³-hybridized carbons (Fsp3) is 0.444. The van der Waals surface area contributed by atoms with Crippen LogP contribution in [-0.2, 0) is 0 Å². The Hall–Kier alpha value is -2.70. The van der Waals surface area contributed by atoms with E-state index in [-0.39, 0.29) is 5.91 Å². The summed E-state index contributed by atoms with van der Waals surface area (Å²) in [6, 6.07) is 7.68. The number of aromatic nitrogens is 3. The van der Waals surface area contributed by atoms with Gasteiger partial charge in [0.25, 0.3) is 5.91 Å². The second kappa shape index (κ2) is 7.92. The second-order valence-electron chi connectivity index (χ2n) is 6.11. The van der Waals surface area contributed by atoms with Gasteiger partial charge >= 0.3 is 0 Å². The number of nitrogens with one attached hydrogen (secondary N) is 1. The molecule has 1 aliphatic heterocycles. The molecule has 0 spiro atoms. The molecule has 0 aromatic carbocycles. The molecule has 0 atom stereocenters. The van der Waals surface area contributed by atoms with Crippen molar-refractivity contribution >= 4 is 17.7 Å². The highest BCUT2D eigenvalue weighted by Gasteiger charge is 2.21. The van der Waals surface area contributed by atoms with Crippen molar-refractivity contribution in [1.82, 2.24) is 20.3 Å². The SMILES string of the molecule is CCCNC(=O)c1cc(C)nc(N2CCN(c3ccccn3)CC2)n1. The molecule has 1 saturated heterocycles. The number of carbonyl (C=O) groups excluding carboxylic acids is 1. The zero-order chi connectivity index (χ0) is 17.6. The van der Waals surface area contributed by atoms with Crippen molar-refractivity contribution in [2.45, 2.75) is 20.3 Å². The van der Waals surface area contributed by atoms with Gasteiger partial charge in [0.05, 0.1) is 0 Å². The second-order valence-corrected chi connectivity index (χ2v) is 6.11. The van der Waals surface area contributed by atoms with Crippen molar-refractivity contribution in [3.63, 3.8) is 0 Å². The molecule has 0 unspecified atom stereocenters. The van der Waals surface area contributed by atoms with E-state index < -0.39 is 0 Å². The van der Waals surface area contributed by atoms with Crippen LogP contribution in [0.25, 0.3) is 0 Å². The molecule has 0 aliphatic carbocycles. The maximum atomic E-state index is 12.2. The van der Waals surface area contributed by atoms with Gasteiger partial charge < -0.3 is 15.1 Å². The third-order valence-corrected chi connectivity index (χ3v) is 4.15. The first-order chi connectivity index (χ1) is 12.2. The number of anilines is 2. The molecule has 25 heavy (non-hydrogen) atoms. The van der Waals surface area contributed by atoms with Crippen LogP contribution in [0.4, 0.5) is 11.8 Å². The topological polar surface area (TPSA) is 74.2 Å². The summed E-state index contributed by atoms with van der Waals surface area (Å²) in [7, 11) is 0. The third kappa shape index (κ3) is 4.23. The summed E-state index contributed by atoms with van der Waals surface area (Å²) in [5.74, 6) is 1.48. The Morgan fingerprint density at radius 1 is 1.16 bits per heavy atom. The minimum atomic E-state index is -0.138. The molecule has 1 N–H and O–H groups in total. The zero-order valence-electron chi connectivity index (χ0n) is 14.8. The summed E-state index contributed by atoms with van der Waals surface area (Å²) in [6.07, 6.45) is 2.71. The molecular weight excluding hydrogens is 316 g/mol. The van der Waals surface area contributed by atoms with Crippen LogP contribution in [0.5, 0.6) is 0 Å². The van der Waals surface area contributed by atoms with Crippen molar-refractivity contribution in [2.75, 3.05) is 42.5 Å². The third-order valence-electron chi connectivity index (χ3n) is 4.15. The van der Waals surface area contributed by atoms with E-state index in [9.17, 15) is 4.79 Å². The summed E-state index contributed by atoms with van der Waals surface area (Å²) in [4.78, 5) is 30.0. The molecule has 0 radical (unpaired) electrons. The lowest BCUT2D eigenvalue weighted by Gasteiger charge is -2.35. The molecule has 0 saturated carbocycles. The fourth-order valence-electron chi connectivity index (χ4n) is 2.82. The van der Waals surface area contributed by atoms with E-state index in [4.69, 9.17) is 0 Å². The molecule has 1 aliphatic rings. The Kier molecular flexibility index (Phi) is 5.42. The number of amides is 1. The molecule has 3 rings (SSSR count). The highest BCUT2D eigenvalue weighted by Crippen LogP contribution is 2.17. The Bertz CT molecular complexity index is 713. The Labute approximate surface area is 148 Å². The van der Waals surface area contributed by atoms with Crippen molar-refractivity contribution in [2.24, 2.45) is 0 Å². The Morgan fingerprint density at radius 3 is 2.60 bits per heavy atom. The number of carbonyl (C=O) groups is 1. The van der Waals surface area contributed by atoms with E-state index in [2.05, 4.69) is 30.1 Å².